The summed E-state index contributed by atoms with van der Waals surface area (Å²) in [4.78, 5) is 40.0. The third-order valence-corrected chi connectivity index (χ3v) is 7.51. The fraction of sp³-hybridized carbons (Fsp3) is 0.0938. The van der Waals surface area contributed by atoms with Gasteiger partial charge in [-0.05, 0) is 66.6 Å². The van der Waals surface area contributed by atoms with E-state index in [1.165, 1.54) is 17.8 Å². The summed E-state index contributed by atoms with van der Waals surface area (Å²) in [5.74, 6) is -1.03. The highest BCUT2D eigenvalue weighted by atomic mass is 35.5. The maximum absolute atomic E-state index is 13.4. The van der Waals surface area contributed by atoms with Gasteiger partial charge in [-0.1, -0.05) is 79.2 Å². The maximum Gasteiger partial charge on any atom is 0.272 e. The van der Waals surface area contributed by atoms with Crippen LogP contribution in [0.4, 0.5) is 11.4 Å². The van der Waals surface area contributed by atoms with Gasteiger partial charge in [-0.25, -0.2) is 0 Å². The second-order valence-electron chi connectivity index (χ2n) is 8.75. The van der Waals surface area contributed by atoms with E-state index in [9.17, 15) is 14.4 Å². The molecule has 1 unspecified atom stereocenters. The monoisotopic (exact) mass is 569 g/mol. The Morgan fingerprint density at radius 1 is 0.800 bits per heavy atom. The third-order valence-electron chi connectivity index (χ3n) is 5.81. The van der Waals surface area contributed by atoms with Gasteiger partial charge in [0.1, 0.15) is 5.70 Å². The van der Waals surface area contributed by atoms with Crippen LogP contribution in [0.5, 0.6) is 0 Å². The molecule has 1 atom stereocenters. The number of halogens is 1. The molecule has 3 amide bonds. The van der Waals surface area contributed by atoms with Crippen LogP contribution in [0.3, 0.4) is 0 Å². The Bertz CT molecular complexity index is 1510. The number of hydrogen-bond acceptors (Lipinski definition) is 4. The van der Waals surface area contributed by atoms with Crippen molar-refractivity contribution in [3.63, 3.8) is 0 Å². The van der Waals surface area contributed by atoms with Crippen molar-refractivity contribution in [1.82, 2.24) is 5.32 Å². The molecule has 0 aliphatic carbocycles. The zero-order valence-electron chi connectivity index (χ0n) is 21.8. The molecule has 4 aromatic rings. The smallest absolute Gasteiger partial charge is 0.272 e. The van der Waals surface area contributed by atoms with E-state index in [0.717, 1.165) is 10.6 Å². The Labute approximate surface area is 242 Å². The highest BCUT2D eigenvalue weighted by Crippen LogP contribution is 2.29. The highest BCUT2D eigenvalue weighted by molar-refractivity contribution is 8.00. The molecular formula is C32H28ClN3O3S. The zero-order chi connectivity index (χ0) is 28.3. The summed E-state index contributed by atoms with van der Waals surface area (Å²) < 4.78 is 0. The number of nitrogens with one attached hydrogen (secondary N) is 3. The number of amides is 3. The summed E-state index contributed by atoms with van der Waals surface area (Å²) in [7, 11) is 0. The molecule has 0 saturated heterocycles. The minimum absolute atomic E-state index is 0.0358. The van der Waals surface area contributed by atoms with Gasteiger partial charge in [-0.15, -0.1) is 11.8 Å². The van der Waals surface area contributed by atoms with Crippen molar-refractivity contribution in [2.24, 2.45) is 0 Å². The van der Waals surface area contributed by atoms with Crippen molar-refractivity contribution >= 4 is 58.5 Å². The van der Waals surface area contributed by atoms with Crippen LogP contribution in [0, 0.1) is 0 Å². The normalized spacial score (nSPS) is 11.8. The van der Waals surface area contributed by atoms with Gasteiger partial charge in [0.2, 0.25) is 5.91 Å². The summed E-state index contributed by atoms with van der Waals surface area (Å²) in [6.45, 7) is 1.95. The first-order chi connectivity index (χ1) is 19.4. The first-order valence-electron chi connectivity index (χ1n) is 12.7. The molecule has 0 fully saturated rings. The van der Waals surface area contributed by atoms with E-state index in [-0.39, 0.29) is 16.9 Å². The van der Waals surface area contributed by atoms with Crippen LogP contribution in [0.1, 0.15) is 29.3 Å². The van der Waals surface area contributed by atoms with Gasteiger partial charge in [0.15, 0.2) is 0 Å². The average molecular weight is 570 g/mol. The predicted octanol–water partition coefficient (Wildman–Crippen LogP) is 7.26. The van der Waals surface area contributed by atoms with E-state index in [4.69, 9.17) is 11.6 Å². The lowest BCUT2D eigenvalue weighted by molar-refractivity contribution is -0.116. The molecular weight excluding hydrogens is 542 g/mol. The lowest BCUT2D eigenvalue weighted by atomic mass is 10.1. The Morgan fingerprint density at radius 3 is 2.15 bits per heavy atom. The van der Waals surface area contributed by atoms with Gasteiger partial charge in [-0.2, -0.15) is 0 Å². The lowest BCUT2D eigenvalue weighted by Crippen LogP contribution is -2.30. The van der Waals surface area contributed by atoms with Crippen molar-refractivity contribution < 1.29 is 14.4 Å². The van der Waals surface area contributed by atoms with Crippen LogP contribution >= 0.6 is 23.4 Å². The SMILES string of the molecule is CCC(Sc1cccc(NC(=O)/C(=C\c2ccccc2Cl)NC(=O)c2ccccc2)c1)C(=O)Nc1ccccc1. The number of carbonyl (C=O) groups is 3. The maximum atomic E-state index is 13.4. The average Bonchev–Trinajstić information content (AvgIpc) is 2.97. The number of para-hydroxylation sites is 1. The molecule has 0 aliphatic rings. The molecule has 0 saturated carbocycles. The van der Waals surface area contributed by atoms with E-state index < -0.39 is 11.8 Å². The van der Waals surface area contributed by atoms with Gasteiger partial charge < -0.3 is 16.0 Å². The number of thioether (sulfide) groups is 1. The molecule has 0 heterocycles. The van der Waals surface area contributed by atoms with Gasteiger partial charge in [-0.3, -0.25) is 14.4 Å². The fourth-order valence-electron chi connectivity index (χ4n) is 3.77. The molecule has 0 radical (unpaired) electrons. The van der Waals surface area contributed by atoms with Crippen LogP contribution in [-0.4, -0.2) is 23.0 Å². The Hall–Kier alpha value is -4.33. The van der Waals surface area contributed by atoms with Gasteiger partial charge >= 0.3 is 0 Å². The van der Waals surface area contributed by atoms with E-state index in [0.29, 0.717) is 28.3 Å². The minimum atomic E-state index is -0.514. The summed E-state index contributed by atoms with van der Waals surface area (Å²) in [6.07, 6.45) is 2.16. The van der Waals surface area contributed by atoms with Crippen LogP contribution in [0.2, 0.25) is 5.02 Å². The van der Waals surface area contributed by atoms with Crippen LogP contribution in [0.15, 0.2) is 120 Å². The molecule has 4 rings (SSSR count). The standard InChI is InChI=1S/C32H28ClN3O3S/c1-2-29(32(39)34-24-15-7-4-8-16-24)40-26-18-11-17-25(21-26)35-31(38)28(20-23-14-9-10-19-27(23)33)36-30(37)22-12-5-3-6-13-22/h3-21,29H,2H2,1H3,(H,34,39)(H,35,38)(H,36,37)/b28-20+. The lowest BCUT2D eigenvalue weighted by Gasteiger charge is -2.16. The van der Waals surface area contributed by atoms with E-state index in [1.807, 2.05) is 49.4 Å². The number of carbonyl (C=O) groups excluding carboxylic acids is 3. The fourth-order valence-corrected chi connectivity index (χ4v) is 4.97. The summed E-state index contributed by atoms with van der Waals surface area (Å²) in [5, 5.41) is 8.64. The van der Waals surface area contributed by atoms with E-state index in [1.54, 1.807) is 66.7 Å². The first-order valence-corrected chi connectivity index (χ1v) is 14.0. The van der Waals surface area contributed by atoms with Crippen molar-refractivity contribution in [2.75, 3.05) is 10.6 Å². The van der Waals surface area contributed by atoms with E-state index in [2.05, 4.69) is 16.0 Å². The topological polar surface area (TPSA) is 87.3 Å². The number of hydrogen-bond donors (Lipinski definition) is 3. The van der Waals surface area contributed by atoms with Crippen LogP contribution < -0.4 is 16.0 Å². The second-order valence-corrected chi connectivity index (χ2v) is 10.4. The molecule has 0 bridgehead atoms. The van der Waals surface area contributed by atoms with E-state index >= 15 is 0 Å². The molecule has 202 valence electrons. The Morgan fingerprint density at radius 2 is 1.45 bits per heavy atom. The largest absolute Gasteiger partial charge is 0.325 e. The molecule has 0 aromatic heterocycles. The van der Waals surface area contributed by atoms with Crippen molar-refractivity contribution in [2.45, 2.75) is 23.5 Å². The second kappa shape index (κ2) is 14.2. The molecule has 40 heavy (non-hydrogen) atoms. The number of rotatable bonds is 10. The van der Waals surface area contributed by atoms with Gasteiger partial charge in [0, 0.05) is 26.9 Å². The zero-order valence-corrected chi connectivity index (χ0v) is 23.3. The molecule has 8 heteroatoms. The Balaban J connectivity index is 1.51. The molecule has 0 aliphatic heterocycles. The summed E-state index contributed by atoms with van der Waals surface area (Å²) in [6, 6.07) is 32.2. The van der Waals surface area contributed by atoms with Crippen LogP contribution in [-0.2, 0) is 9.59 Å². The molecule has 4 aromatic carbocycles. The third kappa shape index (κ3) is 8.09. The number of anilines is 2. The highest BCUT2D eigenvalue weighted by Gasteiger charge is 2.19. The van der Waals surface area contributed by atoms with Crippen molar-refractivity contribution in [1.29, 1.82) is 0 Å². The predicted molar refractivity (Wildman–Crippen MR) is 163 cm³/mol. The molecule has 0 spiro atoms. The van der Waals surface area contributed by atoms with Crippen LogP contribution in [0.25, 0.3) is 6.08 Å². The minimum Gasteiger partial charge on any atom is -0.325 e. The molecule has 3 N–H and O–H groups in total. The quantitative estimate of drug-likeness (QED) is 0.138. The first kappa shape index (κ1) is 28.7. The van der Waals surface area contributed by atoms with Gasteiger partial charge in [0.25, 0.3) is 11.8 Å². The summed E-state index contributed by atoms with van der Waals surface area (Å²) >= 11 is 7.73. The van der Waals surface area contributed by atoms with Crippen molar-refractivity contribution in [3.05, 3.63) is 131 Å². The molecule has 6 nitrogen and oxygen atoms in total. The summed E-state index contributed by atoms with van der Waals surface area (Å²) in [5.41, 5.74) is 2.30. The Kier molecular flexibility index (Phi) is 10.2. The van der Waals surface area contributed by atoms with Crippen molar-refractivity contribution in [3.8, 4) is 0 Å². The number of benzene rings is 4. The van der Waals surface area contributed by atoms with Gasteiger partial charge in [0.05, 0.1) is 5.25 Å².